The predicted molar refractivity (Wildman–Crippen MR) is 90.8 cm³/mol. The van der Waals surface area contributed by atoms with Crippen LogP contribution in [-0.4, -0.2) is 34.0 Å². The normalized spacial score (nSPS) is 28.7. The third-order valence-electron chi connectivity index (χ3n) is 2.03. The Hall–Kier alpha value is 2.66. The third-order valence-corrected chi connectivity index (χ3v) is 28.1. The quantitative estimate of drug-likeness (QED) is 0.667. The van der Waals surface area contributed by atoms with E-state index in [2.05, 4.69) is 11.4 Å². The highest BCUT2D eigenvalue weighted by Crippen LogP contribution is 2.89. The fraction of sp³-hybridized carbons (Fsp3) is 1.00. The lowest BCUT2D eigenvalue weighted by atomic mass is 10.8. The molecule has 9 heteroatoms. The zero-order valence-electron chi connectivity index (χ0n) is 8.33. The van der Waals surface area contributed by atoms with E-state index in [4.69, 9.17) is 23.6 Å². The van der Waals surface area contributed by atoms with Gasteiger partial charge >= 0.3 is 0 Å². The molecule has 0 spiro atoms. The molecule has 2 aliphatic heterocycles. The van der Waals surface area contributed by atoms with E-state index in [0.29, 0.717) is 0 Å². The van der Waals surface area contributed by atoms with Gasteiger partial charge in [-0.2, -0.15) is 0 Å². The molecule has 0 aromatic heterocycles. The van der Waals surface area contributed by atoms with Gasteiger partial charge in [-0.25, -0.2) is 4.44 Å². The van der Waals surface area contributed by atoms with Crippen LogP contribution in [-0.2, 0) is 23.6 Å². The summed E-state index contributed by atoms with van der Waals surface area (Å²) in [5.41, 5.74) is 0. The fourth-order valence-electron chi connectivity index (χ4n) is 1.43. The first-order valence-electron chi connectivity index (χ1n) is 4.67. The smallest absolute Gasteiger partial charge is 0.125 e. The summed E-state index contributed by atoms with van der Waals surface area (Å²) in [5, 5.41) is 0. The molecule has 2 fully saturated rings. The van der Waals surface area contributed by atoms with Crippen molar-refractivity contribution in [3.8, 4) is 0 Å². The highest BCUT2D eigenvalue weighted by molar-refractivity contribution is 9.07. The summed E-state index contributed by atoms with van der Waals surface area (Å²) in [6.45, 7) is 3.27. The van der Waals surface area contributed by atoms with E-state index >= 15 is 0 Å². The molecule has 0 N–H and O–H groups in total. The maximum Gasteiger partial charge on any atom is 0.125 e. The maximum absolute atomic E-state index is 5.89. The molecule has 0 aromatic rings. The summed E-state index contributed by atoms with van der Waals surface area (Å²) in [4.78, 5) is 0. The van der Waals surface area contributed by atoms with Crippen LogP contribution in [0.25, 0.3) is 0 Å². The molecule has 88 valence electrons. The van der Waals surface area contributed by atoms with Crippen LogP contribution in [0.15, 0.2) is 0 Å². The molecule has 0 atom stereocenters. The van der Waals surface area contributed by atoms with Gasteiger partial charge in [-0.3, -0.25) is 0 Å². The van der Waals surface area contributed by atoms with Crippen LogP contribution in [0.5, 0.6) is 0 Å². The molecular formula is C6H13NP2S6. The van der Waals surface area contributed by atoms with E-state index in [1.807, 2.05) is 45.5 Å². The fourth-order valence-corrected chi connectivity index (χ4v) is 33.8. The zero-order valence-corrected chi connectivity index (χ0v) is 15.0. The summed E-state index contributed by atoms with van der Waals surface area (Å²) >= 11 is 19.8. The minimum atomic E-state index is -1.39. The summed E-state index contributed by atoms with van der Waals surface area (Å²) in [6.07, 6.45) is 0. The Bertz CT molecular complexity index is 284. The molecule has 0 radical (unpaired) electrons. The number of hydrogen-bond donors (Lipinski definition) is 0. The molecule has 15 heavy (non-hydrogen) atoms. The van der Waals surface area contributed by atoms with E-state index in [1.54, 1.807) is 0 Å². The summed E-state index contributed by atoms with van der Waals surface area (Å²) in [7, 11) is 0. The topological polar surface area (TPSA) is 3.24 Å². The van der Waals surface area contributed by atoms with Crippen molar-refractivity contribution in [2.24, 2.45) is 0 Å². The van der Waals surface area contributed by atoms with E-state index in [1.165, 1.54) is 23.0 Å². The number of rotatable bonds is 3. The third kappa shape index (κ3) is 2.98. The minimum absolute atomic E-state index is 1.05. The van der Waals surface area contributed by atoms with E-state index in [-0.39, 0.29) is 0 Å². The van der Waals surface area contributed by atoms with Crippen molar-refractivity contribution in [3.05, 3.63) is 0 Å². The maximum atomic E-state index is 5.89. The Kier molecular flexibility index (Phi) is 5.39. The van der Waals surface area contributed by atoms with Gasteiger partial charge in [0, 0.05) is 29.6 Å². The first kappa shape index (κ1) is 14.1. The van der Waals surface area contributed by atoms with Crippen molar-refractivity contribution in [2.45, 2.75) is 6.92 Å². The lowest BCUT2D eigenvalue weighted by Gasteiger charge is -2.35. The van der Waals surface area contributed by atoms with Gasteiger partial charge < -0.3 is 0 Å². The van der Waals surface area contributed by atoms with Crippen molar-refractivity contribution in [1.29, 1.82) is 0 Å². The molecule has 0 bridgehead atoms. The van der Waals surface area contributed by atoms with Crippen molar-refractivity contribution >= 4 is 78.3 Å². The van der Waals surface area contributed by atoms with E-state index in [0.717, 1.165) is 6.54 Å². The highest BCUT2D eigenvalue weighted by atomic mass is 33.3. The summed E-state index contributed by atoms with van der Waals surface area (Å²) in [5.74, 6) is 4.90. The first-order chi connectivity index (χ1) is 7.11. The van der Waals surface area contributed by atoms with Gasteiger partial charge in [0.05, 0.1) is 0 Å². The molecule has 0 amide bonds. The van der Waals surface area contributed by atoms with Gasteiger partial charge in [-0.1, -0.05) is 76.1 Å². The van der Waals surface area contributed by atoms with Crippen molar-refractivity contribution in [2.75, 3.05) is 29.6 Å². The zero-order chi connectivity index (χ0) is 10.9. The standard InChI is InChI=1S/C6H13NP2S6/c1-2-7(8(10)12-3-4-13-8)9(11)14-5-6-15-9/h2-6H2,1H3. The van der Waals surface area contributed by atoms with Crippen molar-refractivity contribution in [3.63, 3.8) is 0 Å². The Morgan fingerprint density at radius 2 is 1.27 bits per heavy atom. The second-order valence-electron chi connectivity index (χ2n) is 2.96. The molecule has 0 aliphatic carbocycles. The number of nitrogens with zero attached hydrogens (tertiary/aromatic N) is 1. The highest BCUT2D eigenvalue weighted by Gasteiger charge is 2.41. The molecule has 0 saturated carbocycles. The molecule has 1 nitrogen and oxygen atoms in total. The van der Waals surface area contributed by atoms with Gasteiger partial charge in [-0.15, -0.1) is 0 Å². The van der Waals surface area contributed by atoms with E-state index in [9.17, 15) is 0 Å². The van der Waals surface area contributed by atoms with E-state index < -0.39 is 9.18 Å². The average molecular weight is 354 g/mol. The largest absolute Gasteiger partial charge is 0.214 e. The van der Waals surface area contributed by atoms with Gasteiger partial charge in [0.2, 0.25) is 0 Å². The monoisotopic (exact) mass is 353 g/mol. The Morgan fingerprint density at radius 3 is 1.53 bits per heavy atom. The lowest BCUT2D eigenvalue weighted by Crippen LogP contribution is -2.08. The Labute approximate surface area is 118 Å². The summed E-state index contributed by atoms with van der Waals surface area (Å²) < 4.78 is -0.231. The van der Waals surface area contributed by atoms with Gasteiger partial charge in [0.1, 0.15) is 9.18 Å². The molecule has 0 aromatic carbocycles. The van der Waals surface area contributed by atoms with Gasteiger partial charge in [0.15, 0.2) is 0 Å². The van der Waals surface area contributed by atoms with Gasteiger partial charge in [0.25, 0.3) is 0 Å². The van der Waals surface area contributed by atoms with Crippen LogP contribution in [0.2, 0.25) is 0 Å². The number of hydrogen-bond acceptors (Lipinski definition) is 6. The average Bonchev–Trinajstić information content (AvgIpc) is 2.77. The van der Waals surface area contributed by atoms with Crippen LogP contribution in [0.4, 0.5) is 0 Å². The van der Waals surface area contributed by atoms with Crippen molar-refractivity contribution < 1.29 is 0 Å². The van der Waals surface area contributed by atoms with Crippen LogP contribution < -0.4 is 0 Å². The molecular weight excluding hydrogens is 340 g/mol. The van der Waals surface area contributed by atoms with Crippen molar-refractivity contribution in [1.82, 2.24) is 4.44 Å². The predicted octanol–water partition coefficient (Wildman–Crippen LogP) is 4.72. The van der Waals surface area contributed by atoms with Crippen LogP contribution >= 0.6 is 54.7 Å². The second-order valence-corrected chi connectivity index (χ2v) is 25.6. The lowest BCUT2D eigenvalue weighted by molar-refractivity contribution is 0.777. The molecule has 2 aliphatic rings. The molecule has 0 unspecified atom stereocenters. The molecule has 2 saturated heterocycles. The van der Waals surface area contributed by atoms with Crippen LogP contribution in [0.1, 0.15) is 6.92 Å². The van der Waals surface area contributed by atoms with Crippen LogP contribution in [0.3, 0.4) is 0 Å². The molecule has 2 rings (SSSR count). The first-order valence-corrected chi connectivity index (χ1v) is 16.5. The van der Waals surface area contributed by atoms with Gasteiger partial charge in [-0.05, 0) is 0 Å². The second kappa shape index (κ2) is 5.75. The van der Waals surface area contributed by atoms with Crippen LogP contribution in [0, 0.1) is 0 Å². The Balaban J connectivity index is 2.23. The minimum Gasteiger partial charge on any atom is -0.214 e. The Morgan fingerprint density at radius 1 is 0.933 bits per heavy atom. The molecule has 2 heterocycles. The summed E-state index contributed by atoms with van der Waals surface area (Å²) in [6, 6.07) is 0. The SMILES string of the molecule is CCN(P1(=S)SCCS1)P1(=S)SCCS1.